The average molecular weight is 513 g/mol. The number of ether oxygens (including phenoxy) is 3. The molecule has 1 heterocycles. The Bertz CT molecular complexity index is 882. The van der Waals surface area contributed by atoms with Gasteiger partial charge in [0.1, 0.15) is 6.10 Å². The van der Waals surface area contributed by atoms with Crippen LogP contribution >= 0.6 is 0 Å². The molecular weight excluding hydrogens is 468 g/mol. The van der Waals surface area contributed by atoms with Crippen molar-refractivity contribution in [2.45, 2.75) is 70.0 Å². The van der Waals surface area contributed by atoms with Crippen molar-refractivity contribution in [1.29, 1.82) is 0 Å². The fraction of sp³-hybridized carbons (Fsp3) is 0.517. The molecule has 0 bridgehead atoms. The van der Waals surface area contributed by atoms with Crippen LogP contribution in [0.1, 0.15) is 20.8 Å². The van der Waals surface area contributed by atoms with E-state index in [0.717, 1.165) is 12.7 Å². The molecule has 0 N–H and O–H groups in total. The van der Waals surface area contributed by atoms with Gasteiger partial charge in [0.25, 0.3) is 8.32 Å². The van der Waals surface area contributed by atoms with Gasteiger partial charge in [-0.2, -0.15) is 0 Å². The van der Waals surface area contributed by atoms with Gasteiger partial charge in [0.2, 0.25) is 0 Å². The van der Waals surface area contributed by atoms with Crippen LogP contribution in [0.25, 0.3) is 0 Å². The first-order valence-electron chi connectivity index (χ1n) is 12.7. The van der Waals surface area contributed by atoms with Crippen molar-refractivity contribution in [2.24, 2.45) is 5.92 Å². The maximum atomic E-state index is 7.47. The molecule has 3 rings (SSSR count). The monoisotopic (exact) mass is 512 g/mol. The van der Waals surface area contributed by atoms with Crippen LogP contribution < -0.4 is 10.4 Å². The maximum Gasteiger partial charge on any atom is 0.261 e. The predicted octanol–water partition coefficient (Wildman–Crippen LogP) is 5.46. The summed E-state index contributed by atoms with van der Waals surface area (Å²) in [4.78, 5) is 0. The second-order valence-corrected chi connectivity index (χ2v) is 21.6. The van der Waals surface area contributed by atoms with Crippen LogP contribution in [0.3, 0.4) is 0 Å². The molecular formula is C29H44O4Si2. The Morgan fingerprint density at radius 2 is 1.49 bits per heavy atom. The first-order chi connectivity index (χ1) is 16.5. The molecule has 2 aromatic carbocycles. The molecule has 0 amide bonds. The number of rotatable bonds is 11. The molecule has 0 aliphatic carbocycles. The highest BCUT2D eigenvalue weighted by atomic mass is 28.4. The Balaban J connectivity index is 2.04. The van der Waals surface area contributed by atoms with Crippen LogP contribution in [-0.2, 0) is 18.6 Å². The van der Waals surface area contributed by atoms with Gasteiger partial charge in [0, 0.05) is 21.8 Å². The second kappa shape index (κ2) is 11.7. The Morgan fingerprint density at radius 1 is 0.943 bits per heavy atom. The van der Waals surface area contributed by atoms with E-state index in [2.05, 4.69) is 108 Å². The van der Waals surface area contributed by atoms with E-state index in [0.29, 0.717) is 6.61 Å². The van der Waals surface area contributed by atoms with Crippen molar-refractivity contribution in [3.05, 3.63) is 73.3 Å². The Labute approximate surface area is 214 Å². The summed E-state index contributed by atoms with van der Waals surface area (Å²) in [5.74, 6) is -0.0497. The molecule has 0 saturated carbocycles. The molecule has 1 aliphatic heterocycles. The Hall–Kier alpha value is -1.55. The van der Waals surface area contributed by atoms with Crippen molar-refractivity contribution in [2.75, 3.05) is 20.3 Å². The third kappa shape index (κ3) is 6.42. The van der Waals surface area contributed by atoms with Gasteiger partial charge >= 0.3 is 0 Å². The minimum absolute atomic E-state index is 0.0497. The summed E-state index contributed by atoms with van der Waals surface area (Å²) < 4.78 is 25.8. The molecule has 4 atom stereocenters. The summed E-state index contributed by atoms with van der Waals surface area (Å²) in [6, 6.07) is 22.6. The van der Waals surface area contributed by atoms with E-state index in [1.54, 1.807) is 7.11 Å². The molecule has 0 spiro atoms. The summed E-state index contributed by atoms with van der Waals surface area (Å²) in [6.45, 7) is 19.4. The maximum absolute atomic E-state index is 7.47. The number of benzene rings is 2. The lowest BCUT2D eigenvalue weighted by Gasteiger charge is -2.46. The fourth-order valence-corrected chi connectivity index (χ4v) is 10.5. The highest BCUT2D eigenvalue weighted by molar-refractivity contribution is 6.99. The first kappa shape index (κ1) is 28.0. The van der Waals surface area contributed by atoms with Crippen LogP contribution in [0.15, 0.2) is 73.3 Å². The highest BCUT2D eigenvalue weighted by Crippen LogP contribution is 2.41. The van der Waals surface area contributed by atoms with Crippen molar-refractivity contribution in [3.63, 3.8) is 0 Å². The summed E-state index contributed by atoms with van der Waals surface area (Å²) in [6.07, 6.45) is 0.965. The molecule has 1 aliphatic rings. The van der Waals surface area contributed by atoms with E-state index in [9.17, 15) is 0 Å². The summed E-state index contributed by atoms with van der Waals surface area (Å²) in [5.41, 5.74) is 0. The lowest BCUT2D eigenvalue weighted by molar-refractivity contribution is -0.132. The van der Waals surface area contributed by atoms with Gasteiger partial charge in [-0.3, -0.25) is 0 Å². The number of hydrogen-bond donors (Lipinski definition) is 0. The van der Waals surface area contributed by atoms with Gasteiger partial charge in [-0.25, -0.2) is 0 Å². The van der Waals surface area contributed by atoms with E-state index in [1.807, 2.05) is 6.08 Å². The van der Waals surface area contributed by atoms with E-state index in [-0.39, 0.29) is 23.2 Å². The molecule has 6 heteroatoms. The van der Waals surface area contributed by atoms with E-state index in [1.165, 1.54) is 10.4 Å². The van der Waals surface area contributed by atoms with E-state index >= 15 is 0 Å². The molecule has 1 unspecified atom stereocenters. The van der Waals surface area contributed by atoms with Gasteiger partial charge in [-0.05, 0) is 21.5 Å². The lowest BCUT2D eigenvalue weighted by Crippen LogP contribution is -2.68. The molecule has 4 nitrogen and oxygen atoms in total. The van der Waals surface area contributed by atoms with E-state index in [4.69, 9.17) is 18.6 Å². The SMILES string of the molecule is C=C[C@H]1OC(OC)[C@@H](COCC[Si](C)(C)C)[C@@H]1O[Si](c1ccccc1)(c1ccccc1)C(C)(C)C. The highest BCUT2D eigenvalue weighted by Gasteiger charge is 2.55. The summed E-state index contributed by atoms with van der Waals surface area (Å²) >= 11 is 0. The van der Waals surface area contributed by atoms with Gasteiger partial charge in [-0.1, -0.05) is 107 Å². The second-order valence-electron chi connectivity index (χ2n) is 11.7. The van der Waals surface area contributed by atoms with Gasteiger partial charge in [0.15, 0.2) is 6.29 Å². The largest absolute Gasteiger partial charge is 0.401 e. The topological polar surface area (TPSA) is 36.9 Å². The van der Waals surface area contributed by atoms with Crippen molar-refractivity contribution in [3.8, 4) is 0 Å². The minimum atomic E-state index is -2.77. The molecule has 35 heavy (non-hydrogen) atoms. The van der Waals surface area contributed by atoms with Gasteiger partial charge in [0.05, 0.1) is 18.6 Å². The number of methoxy groups -OCH3 is 1. The van der Waals surface area contributed by atoms with Crippen LogP contribution in [0.5, 0.6) is 0 Å². The third-order valence-electron chi connectivity index (χ3n) is 6.89. The standard InChI is InChI=1S/C29H44O4Si2/c1-9-26-27(25(28(30-5)32-26)22-31-20-21-34(6,7)8)33-35(29(2,3)4,23-16-12-10-13-17-23)24-18-14-11-15-19-24/h9-19,25-28H,1,20-22H2,2-8H3/t25-,26+,27-,28?/m0/s1. The minimum Gasteiger partial charge on any atom is -0.401 e. The van der Waals surface area contributed by atoms with Crippen molar-refractivity contribution in [1.82, 2.24) is 0 Å². The third-order valence-corrected chi connectivity index (χ3v) is 13.6. The van der Waals surface area contributed by atoms with Gasteiger partial charge in [-0.15, -0.1) is 6.58 Å². The normalized spacial score (nSPS) is 23.4. The van der Waals surface area contributed by atoms with E-state index < -0.39 is 22.7 Å². The molecule has 2 aromatic rings. The van der Waals surface area contributed by atoms with Crippen molar-refractivity contribution >= 4 is 26.8 Å². The average Bonchev–Trinajstić information content (AvgIpc) is 3.16. The fourth-order valence-electron chi connectivity index (χ4n) is 4.97. The zero-order valence-corrected chi connectivity index (χ0v) is 24.6. The molecule has 0 aromatic heterocycles. The Kier molecular flexibility index (Phi) is 9.35. The zero-order chi connectivity index (χ0) is 25.7. The van der Waals surface area contributed by atoms with Crippen LogP contribution in [0.4, 0.5) is 0 Å². The summed E-state index contributed by atoms with van der Waals surface area (Å²) in [7, 11) is -2.24. The molecule has 192 valence electrons. The molecule has 1 saturated heterocycles. The molecule has 0 radical (unpaired) electrons. The number of hydrogen-bond acceptors (Lipinski definition) is 4. The van der Waals surface area contributed by atoms with Gasteiger partial charge < -0.3 is 18.6 Å². The van der Waals surface area contributed by atoms with Crippen LogP contribution in [0.2, 0.25) is 30.7 Å². The van der Waals surface area contributed by atoms with Crippen LogP contribution in [-0.4, -0.2) is 55.2 Å². The first-order valence-corrected chi connectivity index (χ1v) is 18.3. The predicted molar refractivity (Wildman–Crippen MR) is 151 cm³/mol. The lowest BCUT2D eigenvalue weighted by atomic mass is 10.0. The van der Waals surface area contributed by atoms with Crippen LogP contribution in [0, 0.1) is 5.92 Å². The van der Waals surface area contributed by atoms with Crippen molar-refractivity contribution < 1.29 is 18.6 Å². The smallest absolute Gasteiger partial charge is 0.261 e. The Morgan fingerprint density at radius 3 is 1.91 bits per heavy atom. The summed E-state index contributed by atoms with van der Waals surface area (Å²) in [5, 5.41) is 2.37. The quantitative estimate of drug-likeness (QED) is 0.228. The molecule has 1 fully saturated rings. The zero-order valence-electron chi connectivity index (χ0n) is 22.6.